The number of nitriles is 1. The SMILES string of the molecule is N#CCOc1cccc(NC(=O)c2ccnc(F)c2F)c1. The van der Waals surface area contributed by atoms with Gasteiger partial charge in [0.15, 0.2) is 12.4 Å². The minimum atomic E-state index is -1.34. The number of hydrogen-bond acceptors (Lipinski definition) is 4. The molecule has 21 heavy (non-hydrogen) atoms. The van der Waals surface area contributed by atoms with Gasteiger partial charge in [-0.2, -0.15) is 9.65 Å². The van der Waals surface area contributed by atoms with Crippen molar-refractivity contribution in [1.29, 1.82) is 5.26 Å². The van der Waals surface area contributed by atoms with Crippen LogP contribution >= 0.6 is 0 Å². The maximum Gasteiger partial charge on any atom is 0.258 e. The van der Waals surface area contributed by atoms with Gasteiger partial charge in [0.05, 0.1) is 5.56 Å². The second kappa shape index (κ2) is 6.43. The topological polar surface area (TPSA) is 75.0 Å². The van der Waals surface area contributed by atoms with E-state index in [1.54, 1.807) is 18.2 Å². The fraction of sp³-hybridized carbons (Fsp3) is 0.0714. The highest BCUT2D eigenvalue weighted by molar-refractivity contribution is 6.04. The Labute approximate surface area is 118 Å². The van der Waals surface area contributed by atoms with Gasteiger partial charge < -0.3 is 10.1 Å². The number of amides is 1. The van der Waals surface area contributed by atoms with E-state index in [0.29, 0.717) is 11.4 Å². The molecular weight excluding hydrogens is 280 g/mol. The van der Waals surface area contributed by atoms with Gasteiger partial charge in [-0.05, 0) is 18.2 Å². The highest BCUT2D eigenvalue weighted by Gasteiger charge is 2.16. The number of nitrogens with one attached hydrogen (secondary N) is 1. The molecule has 0 saturated carbocycles. The lowest BCUT2D eigenvalue weighted by Gasteiger charge is -2.08. The van der Waals surface area contributed by atoms with Crippen molar-refractivity contribution in [2.24, 2.45) is 0 Å². The average Bonchev–Trinajstić information content (AvgIpc) is 2.48. The van der Waals surface area contributed by atoms with Crippen LogP contribution in [0.15, 0.2) is 36.5 Å². The third kappa shape index (κ3) is 3.51. The zero-order valence-corrected chi connectivity index (χ0v) is 10.6. The zero-order valence-electron chi connectivity index (χ0n) is 10.6. The molecule has 2 aromatic rings. The van der Waals surface area contributed by atoms with E-state index < -0.39 is 23.2 Å². The summed E-state index contributed by atoms with van der Waals surface area (Å²) in [6.07, 6.45) is 1.000. The summed E-state index contributed by atoms with van der Waals surface area (Å²) in [5, 5.41) is 10.8. The van der Waals surface area contributed by atoms with E-state index in [1.165, 1.54) is 6.07 Å². The van der Waals surface area contributed by atoms with Gasteiger partial charge >= 0.3 is 0 Å². The first-order valence-corrected chi connectivity index (χ1v) is 5.83. The minimum Gasteiger partial charge on any atom is -0.479 e. The predicted octanol–water partition coefficient (Wildman–Crippen LogP) is 2.51. The lowest BCUT2D eigenvalue weighted by molar-refractivity contribution is 0.102. The van der Waals surface area contributed by atoms with Crippen LogP contribution in [0.2, 0.25) is 0 Å². The van der Waals surface area contributed by atoms with Crippen molar-refractivity contribution >= 4 is 11.6 Å². The maximum atomic E-state index is 13.4. The Balaban J connectivity index is 2.16. The van der Waals surface area contributed by atoms with Crippen LogP contribution in [-0.2, 0) is 0 Å². The van der Waals surface area contributed by atoms with Crippen molar-refractivity contribution < 1.29 is 18.3 Å². The van der Waals surface area contributed by atoms with E-state index in [9.17, 15) is 13.6 Å². The Bertz CT molecular complexity index is 714. The Morgan fingerprint density at radius 3 is 2.95 bits per heavy atom. The molecule has 0 aliphatic rings. The summed E-state index contributed by atoms with van der Waals surface area (Å²) >= 11 is 0. The average molecular weight is 289 g/mol. The zero-order chi connectivity index (χ0) is 15.2. The van der Waals surface area contributed by atoms with Crippen LogP contribution in [0.4, 0.5) is 14.5 Å². The van der Waals surface area contributed by atoms with Crippen molar-refractivity contribution in [2.75, 3.05) is 11.9 Å². The number of carbonyl (C=O) groups is 1. The number of benzene rings is 1. The first-order chi connectivity index (χ1) is 10.1. The van der Waals surface area contributed by atoms with Crippen molar-refractivity contribution in [3.63, 3.8) is 0 Å². The monoisotopic (exact) mass is 289 g/mol. The third-order valence-electron chi connectivity index (χ3n) is 2.49. The third-order valence-corrected chi connectivity index (χ3v) is 2.49. The maximum absolute atomic E-state index is 13.4. The molecule has 0 aliphatic heterocycles. The van der Waals surface area contributed by atoms with Gasteiger partial charge in [0.1, 0.15) is 11.8 Å². The largest absolute Gasteiger partial charge is 0.479 e. The molecule has 2 rings (SSSR count). The van der Waals surface area contributed by atoms with Crippen LogP contribution in [0, 0.1) is 23.1 Å². The molecule has 0 radical (unpaired) electrons. The molecule has 1 N–H and O–H groups in total. The number of hydrogen-bond donors (Lipinski definition) is 1. The van der Waals surface area contributed by atoms with Gasteiger partial charge in [-0.1, -0.05) is 6.07 Å². The number of rotatable bonds is 4. The molecule has 0 fully saturated rings. The van der Waals surface area contributed by atoms with Crippen molar-refractivity contribution in [3.8, 4) is 11.8 Å². The number of carbonyl (C=O) groups excluding carboxylic acids is 1. The van der Waals surface area contributed by atoms with E-state index in [2.05, 4.69) is 10.3 Å². The summed E-state index contributed by atoms with van der Waals surface area (Å²) in [6, 6.07) is 9.08. The lowest BCUT2D eigenvalue weighted by atomic mass is 10.2. The fourth-order valence-corrected chi connectivity index (χ4v) is 1.57. The molecule has 0 aliphatic carbocycles. The quantitative estimate of drug-likeness (QED) is 0.877. The van der Waals surface area contributed by atoms with E-state index in [0.717, 1.165) is 12.3 Å². The normalized spacial score (nSPS) is 9.76. The van der Waals surface area contributed by atoms with Crippen molar-refractivity contribution in [1.82, 2.24) is 4.98 Å². The summed E-state index contributed by atoms with van der Waals surface area (Å²) in [6.45, 7) is -0.137. The number of ether oxygens (including phenoxy) is 1. The number of pyridine rings is 1. The fourth-order valence-electron chi connectivity index (χ4n) is 1.57. The van der Waals surface area contributed by atoms with Crippen LogP contribution in [0.3, 0.4) is 0 Å². The number of anilines is 1. The molecule has 106 valence electrons. The number of halogens is 2. The highest BCUT2D eigenvalue weighted by atomic mass is 19.2. The molecule has 0 bridgehead atoms. The molecule has 7 heteroatoms. The van der Waals surface area contributed by atoms with Crippen molar-refractivity contribution in [2.45, 2.75) is 0 Å². The molecule has 1 aromatic heterocycles. The molecule has 0 unspecified atom stereocenters. The van der Waals surface area contributed by atoms with E-state index in [-0.39, 0.29) is 6.61 Å². The van der Waals surface area contributed by atoms with Crippen LogP contribution in [0.1, 0.15) is 10.4 Å². The minimum absolute atomic E-state index is 0.137. The van der Waals surface area contributed by atoms with Crippen LogP contribution < -0.4 is 10.1 Å². The highest BCUT2D eigenvalue weighted by Crippen LogP contribution is 2.18. The molecular formula is C14H9F2N3O2. The Morgan fingerprint density at radius 2 is 2.19 bits per heavy atom. The number of nitrogens with zero attached hydrogens (tertiary/aromatic N) is 2. The standard InChI is InChI=1S/C14H9F2N3O2/c15-12-11(4-6-18-13(12)16)14(20)19-9-2-1-3-10(8-9)21-7-5-17/h1-4,6,8H,7H2,(H,19,20). The first kappa shape index (κ1) is 14.4. The molecule has 5 nitrogen and oxygen atoms in total. The van der Waals surface area contributed by atoms with Crippen LogP contribution in [0.5, 0.6) is 5.75 Å². The summed E-state index contributed by atoms with van der Waals surface area (Å²) in [5.41, 5.74) is -0.127. The summed E-state index contributed by atoms with van der Waals surface area (Å²) in [4.78, 5) is 15.0. The molecule has 0 atom stereocenters. The second-order valence-corrected chi connectivity index (χ2v) is 3.89. The van der Waals surface area contributed by atoms with Gasteiger partial charge in [0.2, 0.25) is 5.95 Å². The van der Waals surface area contributed by atoms with E-state index >= 15 is 0 Å². The second-order valence-electron chi connectivity index (χ2n) is 3.89. The Morgan fingerprint density at radius 1 is 1.38 bits per heavy atom. The summed E-state index contributed by atoms with van der Waals surface area (Å²) in [5.74, 6) is -3.09. The first-order valence-electron chi connectivity index (χ1n) is 5.83. The summed E-state index contributed by atoms with van der Waals surface area (Å²) < 4.78 is 31.5. The Kier molecular flexibility index (Phi) is 4.41. The van der Waals surface area contributed by atoms with Gasteiger partial charge in [-0.3, -0.25) is 4.79 Å². The molecule has 0 saturated heterocycles. The predicted molar refractivity (Wildman–Crippen MR) is 69.7 cm³/mol. The van der Waals surface area contributed by atoms with E-state index in [1.807, 2.05) is 6.07 Å². The smallest absolute Gasteiger partial charge is 0.258 e. The van der Waals surface area contributed by atoms with E-state index in [4.69, 9.17) is 10.00 Å². The molecule has 1 aromatic carbocycles. The number of aromatic nitrogens is 1. The molecule has 1 heterocycles. The Hall–Kier alpha value is -3.01. The molecule has 0 spiro atoms. The lowest BCUT2D eigenvalue weighted by Crippen LogP contribution is -2.15. The van der Waals surface area contributed by atoms with Gasteiger partial charge in [0.25, 0.3) is 5.91 Å². The van der Waals surface area contributed by atoms with Gasteiger partial charge in [-0.25, -0.2) is 9.37 Å². The summed E-state index contributed by atoms with van der Waals surface area (Å²) in [7, 11) is 0. The van der Waals surface area contributed by atoms with Crippen LogP contribution in [0.25, 0.3) is 0 Å². The van der Waals surface area contributed by atoms with Crippen molar-refractivity contribution in [3.05, 3.63) is 53.9 Å². The van der Waals surface area contributed by atoms with Gasteiger partial charge in [0, 0.05) is 18.0 Å². The molecule has 1 amide bonds. The van der Waals surface area contributed by atoms with Gasteiger partial charge in [-0.15, -0.1) is 0 Å². The van der Waals surface area contributed by atoms with Crippen LogP contribution in [-0.4, -0.2) is 17.5 Å².